The Morgan fingerprint density at radius 3 is 2.29 bits per heavy atom. The third kappa shape index (κ3) is 2.61. The zero-order valence-electron chi connectivity index (χ0n) is 8.42. The quantitative estimate of drug-likeness (QED) is 0.669. The van der Waals surface area contributed by atoms with Crippen LogP contribution in [0.3, 0.4) is 0 Å². The molecule has 1 aliphatic rings. The summed E-state index contributed by atoms with van der Waals surface area (Å²) in [4.78, 5) is 23.9. The van der Waals surface area contributed by atoms with Gasteiger partial charge in [-0.2, -0.15) is 0 Å². The van der Waals surface area contributed by atoms with Gasteiger partial charge in [-0.1, -0.05) is 13.8 Å². The number of urea groups is 1. The number of carbonyl (C=O) groups excluding carboxylic acids is 2. The molecule has 1 saturated heterocycles. The average Bonchev–Trinajstić information content (AvgIpc) is 2.47. The average molecular weight is 219 g/mol. The summed E-state index contributed by atoms with van der Waals surface area (Å²) in [5.41, 5.74) is 0. The number of imide groups is 1. The Balaban J connectivity index is 2.43. The summed E-state index contributed by atoms with van der Waals surface area (Å²) in [6.45, 7) is 5.62. The van der Waals surface area contributed by atoms with E-state index in [0.717, 1.165) is 0 Å². The third-order valence-electron chi connectivity index (χ3n) is 2.64. The number of likely N-dealkylation sites (tertiary alicyclic amines) is 1. The van der Waals surface area contributed by atoms with Crippen LogP contribution < -0.4 is 5.32 Å². The molecule has 0 aliphatic carbocycles. The fourth-order valence-electron chi connectivity index (χ4n) is 1.53. The molecular formula is C9H15ClN2O2. The maximum absolute atomic E-state index is 11.4. The van der Waals surface area contributed by atoms with Crippen molar-refractivity contribution < 1.29 is 9.59 Å². The van der Waals surface area contributed by atoms with Gasteiger partial charge in [0, 0.05) is 13.1 Å². The van der Waals surface area contributed by atoms with E-state index in [4.69, 9.17) is 11.6 Å². The fourth-order valence-corrected chi connectivity index (χ4v) is 1.59. The molecule has 0 bridgehead atoms. The summed E-state index contributed by atoms with van der Waals surface area (Å²) in [6, 6.07) is -0.327. The highest BCUT2D eigenvalue weighted by Crippen LogP contribution is 2.21. The Hall–Kier alpha value is -0.770. The molecule has 1 heterocycles. The third-order valence-corrected chi connectivity index (χ3v) is 2.89. The van der Waals surface area contributed by atoms with E-state index in [1.165, 1.54) is 0 Å². The van der Waals surface area contributed by atoms with Crippen LogP contribution in [-0.4, -0.2) is 35.8 Å². The molecule has 0 aromatic rings. The second kappa shape index (κ2) is 4.64. The first-order valence-electron chi connectivity index (χ1n) is 4.69. The number of halogens is 1. The second-order valence-electron chi connectivity index (χ2n) is 3.85. The Labute approximate surface area is 88.6 Å². The first kappa shape index (κ1) is 11.3. The van der Waals surface area contributed by atoms with E-state index in [1.807, 2.05) is 0 Å². The lowest BCUT2D eigenvalue weighted by Crippen LogP contribution is -2.42. The molecule has 3 amide bonds. The highest BCUT2D eigenvalue weighted by Gasteiger charge is 2.29. The van der Waals surface area contributed by atoms with Crippen LogP contribution in [0.25, 0.3) is 0 Å². The Morgan fingerprint density at radius 2 is 1.86 bits per heavy atom. The van der Waals surface area contributed by atoms with Crippen molar-refractivity contribution in [3.05, 3.63) is 0 Å². The van der Waals surface area contributed by atoms with E-state index in [0.29, 0.717) is 24.9 Å². The van der Waals surface area contributed by atoms with Crippen LogP contribution in [0.1, 0.15) is 13.8 Å². The molecular weight excluding hydrogens is 204 g/mol. The van der Waals surface area contributed by atoms with Crippen molar-refractivity contribution in [1.82, 2.24) is 10.2 Å². The molecule has 1 aliphatic heterocycles. The number of nitrogens with zero attached hydrogens (tertiary/aromatic N) is 1. The van der Waals surface area contributed by atoms with Crippen LogP contribution in [0, 0.1) is 11.8 Å². The number of nitrogens with one attached hydrogen (secondary N) is 1. The summed E-state index contributed by atoms with van der Waals surface area (Å²) in [7, 11) is 0. The highest BCUT2D eigenvalue weighted by atomic mass is 35.5. The predicted octanol–water partition coefficient (Wildman–Crippen LogP) is 1.05. The number of carbonyl (C=O) groups is 2. The number of alkyl halides is 1. The molecule has 0 saturated carbocycles. The maximum Gasteiger partial charge on any atom is 0.324 e. The van der Waals surface area contributed by atoms with Crippen LogP contribution in [0.4, 0.5) is 4.79 Å². The summed E-state index contributed by atoms with van der Waals surface area (Å²) >= 11 is 5.28. The van der Waals surface area contributed by atoms with Gasteiger partial charge in [-0.05, 0) is 11.8 Å². The van der Waals surface area contributed by atoms with Gasteiger partial charge in [-0.3, -0.25) is 10.1 Å². The van der Waals surface area contributed by atoms with Crippen molar-refractivity contribution >= 4 is 23.5 Å². The monoisotopic (exact) mass is 218 g/mol. The summed E-state index contributed by atoms with van der Waals surface area (Å²) < 4.78 is 0. The van der Waals surface area contributed by atoms with Gasteiger partial charge in [0.05, 0.1) is 0 Å². The minimum Gasteiger partial charge on any atom is -0.324 e. The molecule has 0 spiro atoms. The van der Waals surface area contributed by atoms with Crippen LogP contribution >= 0.6 is 11.6 Å². The van der Waals surface area contributed by atoms with Gasteiger partial charge in [0.15, 0.2) is 0 Å². The minimum absolute atomic E-state index is 0.176. The molecule has 1 N–H and O–H groups in total. The van der Waals surface area contributed by atoms with Gasteiger partial charge >= 0.3 is 6.03 Å². The van der Waals surface area contributed by atoms with Crippen molar-refractivity contribution in [3.63, 3.8) is 0 Å². The molecule has 0 radical (unpaired) electrons. The predicted molar refractivity (Wildman–Crippen MR) is 54.2 cm³/mol. The number of rotatable bonds is 1. The van der Waals surface area contributed by atoms with Gasteiger partial charge in [0.2, 0.25) is 5.91 Å². The molecule has 2 unspecified atom stereocenters. The van der Waals surface area contributed by atoms with Crippen LogP contribution in [0.15, 0.2) is 0 Å². The van der Waals surface area contributed by atoms with Crippen LogP contribution in [0.2, 0.25) is 0 Å². The van der Waals surface area contributed by atoms with E-state index in [2.05, 4.69) is 19.2 Å². The lowest BCUT2D eigenvalue weighted by Gasteiger charge is -2.15. The molecule has 5 heteroatoms. The molecule has 0 aromatic heterocycles. The number of hydrogen-bond donors (Lipinski definition) is 1. The Morgan fingerprint density at radius 1 is 1.36 bits per heavy atom. The van der Waals surface area contributed by atoms with Gasteiger partial charge < -0.3 is 4.90 Å². The van der Waals surface area contributed by atoms with Gasteiger partial charge in [0.25, 0.3) is 0 Å². The number of hydrogen-bond acceptors (Lipinski definition) is 2. The van der Waals surface area contributed by atoms with E-state index in [9.17, 15) is 9.59 Å². The zero-order chi connectivity index (χ0) is 10.7. The largest absolute Gasteiger partial charge is 0.324 e. The molecule has 0 aromatic carbocycles. The molecule has 80 valence electrons. The first-order valence-corrected chi connectivity index (χ1v) is 5.22. The molecule has 14 heavy (non-hydrogen) atoms. The fraction of sp³-hybridized carbons (Fsp3) is 0.778. The molecule has 4 nitrogen and oxygen atoms in total. The standard InChI is InChI=1S/C9H15ClN2O2/c1-6-4-12(5-7(6)2)9(14)11-8(13)3-10/h6-7H,3-5H2,1-2H3,(H,11,13,14). The first-order chi connectivity index (χ1) is 6.54. The maximum atomic E-state index is 11.4. The molecule has 1 rings (SSSR count). The summed E-state index contributed by atoms with van der Waals surface area (Å²) in [5, 5.41) is 2.23. The van der Waals surface area contributed by atoms with Crippen molar-refractivity contribution in [1.29, 1.82) is 0 Å². The smallest absolute Gasteiger partial charge is 0.324 e. The summed E-state index contributed by atoms with van der Waals surface area (Å²) in [6.07, 6.45) is 0. The Bertz CT molecular complexity index is 235. The van der Waals surface area contributed by atoms with E-state index >= 15 is 0 Å². The van der Waals surface area contributed by atoms with Gasteiger partial charge in [0.1, 0.15) is 5.88 Å². The lowest BCUT2D eigenvalue weighted by molar-refractivity contribution is -0.117. The topological polar surface area (TPSA) is 49.4 Å². The van der Waals surface area contributed by atoms with Crippen molar-refractivity contribution in [2.45, 2.75) is 13.8 Å². The highest BCUT2D eigenvalue weighted by molar-refractivity contribution is 6.28. The van der Waals surface area contributed by atoms with Gasteiger partial charge in [-0.25, -0.2) is 4.79 Å². The lowest BCUT2D eigenvalue weighted by atomic mass is 10.0. The molecule has 2 atom stereocenters. The van der Waals surface area contributed by atoms with Gasteiger partial charge in [-0.15, -0.1) is 11.6 Å². The number of amides is 3. The normalized spacial score (nSPS) is 26.4. The Kier molecular flexibility index (Phi) is 3.75. The second-order valence-corrected chi connectivity index (χ2v) is 4.11. The van der Waals surface area contributed by atoms with Crippen LogP contribution in [0.5, 0.6) is 0 Å². The van der Waals surface area contributed by atoms with Crippen LogP contribution in [-0.2, 0) is 4.79 Å². The van der Waals surface area contributed by atoms with Crippen molar-refractivity contribution in [3.8, 4) is 0 Å². The minimum atomic E-state index is -0.441. The van der Waals surface area contributed by atoms with Crippen molar-refractivity contribution in [2.75, 3.05) is 19.0 Å². The van der Waals surface area contributed by atoms with E-state index in [-0.39, 0.29) is 11.9 Å². The SMILES string of the molecule is CC1CN(C(=O)NC(=O)CCl)CC1C. The zero-order valence-corrected chi connectivity index (χ0v) is 9.17. The molecule has 1 fully saturated rings. The summed E-state index contributed by atoms with van der Waals surface area (Å²) in [5.74, 6) is 0.368. The van der Waals surface area contributed by atoms with E-state index < -0.39 is 5.91 Å². The van der Waals surface area contributed by atoms with Crippen molar-refractivity contribution in [2.24, 2.45) is 11.8 Å². The van der Waals surface area contributed by atoms with E-state index in [1.54, 1.807) is 4.90 Å².